The van der Waals surface area contributed by atoms with E-state index in [0.29, 0.717) is 18.1 Å². The first-order chi connectivity index (χ1) is 5.66. The molecule has 2 heteroatoms. The Bertz CT molecular complexity index is 136. The van der Waals surface area contributed by atoms with Crippen LogP contribution in [0.25, 0.3) is 0 Å². The number of hydrogen-bond donors (Lipinski definition) is 0. The lowest BCUT2D eigenvalue weighted by Crippen LogP contribution is -2.50. The molecule has 1 aliphatic heterocycles. The van der Waals surface area contributed by atoms with Gasteiger partial charge in [-0.05, 0) is 19.4 Å². The van der Waals surface area contributed by atoms with Crippen molar-refractivity contribution in [3.05, 3.63) is 0 Å². The first-order valence-electron chi connectivity index (χ1n) is 4.98. The average Bonchev–Trinajstić information content (AvgIpc) is 2.03. The zero-order valence-electron chi connectivity index (χ0n) is 8.71. The summed E-state index contributed by atoms with van der Waals surface area (Å²) in [7, 11) is 2.20. The van der Waals surface area contributed by atoms with Gasteiger partial charge >= 0.3 is 0 Å². The van der Waals surface area contributed by atoms with Crippen LogP contribution in [0.4, 0.5) is 0 Å². The summed E-state index contributed by atoms with van der Waals surface area (Å²) in [6, 6.07) is 0.624. The van der Waals surface area contributed by atoms with Gasteiger partial charge in [0, 0.05) is 12.6 Å². The predicted molar refractivity (Wildman–Crippen MR) is 51.3 cm³/mol. The smallest absolute Gasteiger partial charge is 0.0753 e. The van der Waals surface area contributed by atoms with Crippen LogP contribution in [0.3, 0.4) is 0 Å². The van der Waals surface area contributed by atoms with Crippen molar-refractivity contribution in [1.82, 2.24) is 4.90 Å². The van der Waals surface area contributed by atoms with Gasteiger partial charge in [-0.15, -0.1) is 0 Å². The number of ether oxygens (including phenoxy) is 1. The maximum absolute atomic E-state index is 5.77. The fraction of sp³-hybridized carbons (Fsp3) is 1.00. The summed E-state index contributed by atoms with van der Waals surface area (Å²) in [5, 5.41) is 0. The van der Waals surface area contributed by atoms with E-state index in [2.05, 4.69) is 32.7 Å². The summed E-state index contributed by atoms with van der Waals surface area (Å²) < 4.78 is 5.77. The van der Waals surface area contributed by atoms with Crippen molar-refractivity contribution in [1.29, 1.82) is 0 Å². The molecular weight excluding hydrogens is 150 g/mol. The summed E-state index contributed by atoms with van der Waals surface area (Å²) in [5.74, 6) is 0.637. The molecule has 1 fully saturated rings. The maximum atomic E-state index is 5.77. The third-order valence-electron chi connectivity index (χ3n) is 2.78. The number of nitrogens with zero attached hydrogens (tertiary/aromatic N) is 1. The summed E-state index contributed by atoms with van der Waals surface area (Å²) in [4.78, 5) is 2.42. The summed E-state index contributed by atoms with van der Waals surface area (Å²) in [6.45, 7) is 8.71. The molecule has 0 radical (unpaired) electrons. The number of hydrogen-bond acceptors (Lipinski definition) is 2. The van der Waals surface area contributed by atoms with Crippen molar-refractivity contribution in [3.8, 4) is 0 Å². The highest BCUT2D eigenvalue weighted by Crippen LogP contribution is 2.21. The molecule has 1 saturated heterocycles. The maximum Gasteiger partial charge on any atom is 0.0753 e. The van der Waals surface area contributed by atoms with E-state index in [0.717, 1.165) is 13.2 Å². The van der Waals surface area contributed by atoms with Crippen LogP contribution in [-0.4, -0.2) is 37.2 Å². The van der Waals surface area contributed by atoms with Crippen molar-refractivity contribution >= 4 is 0 Å². The lowest BCUT2D eigenvalue weighted by atomic mass is 9.95. The standard InChI is InChI=1S/C10H21NO/c1-5-9-10(8(2)3)12-7-6-11(9)4/h8-10H,5-7H2,1-4H3. The van der Waals surface area contributed by atoms with E-state index in [1.165, 1.54) is 6.42 Å². The molecule has 0 aromatic rings. The van der Waals surface area contributed by atoms with Crippen molar-refractivity contribution in [2.45, 2.75) is 39.3 Å². The normalized spacial score (nSPS) is 32.8. The minimum absolute atomic E-state index is 0.439. The quantitative estimate of drug-likeness (QED) is 0.627. The summed E-state index contributed by atoms with van der Waals surface area (Å²) >= 11 is 0. The van der Waals surface area contributed by atoms with Crippen LogP contribution >= 0.6 is 0 Å². The largest absolute Gasteiger partial charge is 0.375 e. The fourth-order valence-electron chi connectivity index (χ4n) is 2.04. The number of rotatable bonds is 2. The van der Waals surface area contributed by atoms with Gasteiger partial charge in [0.2, 0.25) is 0 Å². The van der Waals surface area contributed by atoms with E-state index in [1.807, 2.05) is 0 Å². The van der Waals surface area contributed by atoms with Gasteiger partial charge in [-0.3, -0.25) is 4.90 Å². The molecule has 0 aromatic heterocycles. The molecule has 1 aliphatic rings. The second kappa shape index (κ2) is 4.24. The second-order valence-electron chi connectivity index (χ2n) is 4.04. The van der Waals surface area contributed by atoms with Gasteiger partial charge in [0.05, 0.1) is 12.7 Å². The Kier molecular flexibility index (Phi) is 3.53. The average molecular weight is 171 g/mol. The second-order valence-corrected chi connectivity index (χ2v) is 4.04. The summed E-state index contributed by atoms with van der Waals surface area (Å²) in [6.07, 6.45) is 1.63. The SMILES string of the molecule is CCC1C(C(C)C)OCCN1C. The van der Waals surface area contributed by atoms with Crippen molar-refractivity contribution in [3.63, 3.8) is 0 Å². The third kappa shape index (κ3) is 1.99. The minimum Gasteiger partial charge on any atom is -0.375 e. The van der Waals surface area contributed by atoms with Crippen LogP contribution in [0.15, 0.2) is 0 Å². The van der Waals surface area contributed by atoms with Crippen molar-refractivity contribution in [2.24, 2.45) is 5.92 Å². The molecule has 1 heterocycles. The fourth-order valence-corrected chi connectivity index (χ4v) is 2.04. The van der Waals surface area contributed by atoms with E-state index < -0.39 is 0 Å². The van der Waals surface area contributed by atoms with Gasteiger partial charge in [-0.25, -0.2) is 0 Å². The minimum atomic E-state index is 0.439. The van der Waals surface area contributed by atoms with Crippen LogP contribution in [0, 0.1) is 5.92 Å². The topological polar surface area (TPSA) is 12.5 Å². The molecule has 0 bridgehead atoms. The Morgan fingerprint density at radius 1 is 1.50 bits per heavy atom. The van der Waals surface area contributed by atoms with Crippen molar-refractivity contribution in [2.75, 3.05) is 20.2 Å². The molecule has 2 nitrogen and oxygen atoms in total. The highest BCUT2D eigenvalue weighted by Gasteiger charge is 2.30. The number of likely N-dealkylation sites (N-methyl/N-ethyl adjacent to an activating group) is 1. The zero-order valence-corrected chi connectivity index (χ0v) is 8.71. The van der Waals surface area contributed by atoms with Gasteiger partial charge < -0.3 is 4.74 Å². The monoisotopic (exact) mass is 171 g/mol. The Morgan fingerprint density at radius 2 is 2.17 bits per heavy atom. The third-order valence-corrected chi connectivity index (χ3v) is 2.78. The molecule has 0 amide bonds. The lowest BCUT2D eigenvalue weighted by Gasteiger charge is -2.40. The Balaban J connectivity index is 2.57. The molecule has 0 saturated carbocycles. The molecule has 1 rings (SSSR count). The van der Waals surface area contributed by atoms with E-state index in [-0.39, 0.29) is 0 Å². The van der Waals surface area contributed by atoms with E-state index in [4.69, 9.17) is 4.74 Å². The van der Waals surface area contributed by atoms with Gasteiger partial charge in [0.25, 0.3) is 0 Å². The van der Waals surface area contributed by atoms with Crippen LogP contribution < -0.4 is 0 Å². The molecule has 72 valence electrons. The van der Waals surface area contributed by atoms with Crippen LogP contribution in [0.5, 0.6) is 0 Å². The van der Waals surface area contributed by atoms with E-state index >= 15 is 0 Å². The van der Waals surface area contributed by atoms with Crippen LogP contribution in [-0.2, 0) is 4.74 Å². The molecule has 2 unspecified atom stereocenters. The van der Waals surface area contributed by atoms with Gasteiger partial charge in [0.15, 0.2) is 0 Å². The molecule has 0 N–H and O–H groups in total. The molecule has 12 heavy (non-hydrogen) atoms. The predicted octanol–water partition coefficient (Wildman–Crippen LogP) is 1.75. The van der Waals surface area contributed by atoms with Gasteiger partial charge in [-0.2, -0.15) is 0 Å². The highest BCUT2D eigenvalue weighted by atomic mass is 16.5. The molecule has 0 aliphatic carbocycles. The molecule has 2 atom stereocenters. The summed E-state index contributed by atoms with van der Waals surface area (Å²) in [5.41, 5.74) is 0. The van der Waals surface area contributed by atoms with E-state index in [9.17, 15) is 0 Å². The number of morpholine rings is 1. The van der Waals surface area contributed by atoms with Gasteiger partial charge in [0.1, 0.15) is 0 Å². The Morgan fingerprint density at radius 3 is 2.58 bits per heavy atom. The Labute approximate surface area is 75.9 Å². The molecule has 0 aromatic carbocycles. The molecular formula is C10H21NO. The van der Waals surface area contributed by atoms with Crippen molar-refractivity contribution < 1.29 is 4.74 Å². The first-order valence-corrected chi connectivity index (χ1v) is 4.98. The van der Waals surface area contributed by atoms with Gasteiger partial charge in [-0.1, -0.05) is 20.8 Å². The Hall–Kier alpha value is -0.0800. The van der Waals surface area contributed by atoms with Crippen LogP contribution in [0.2, 0.25) is 0 Å². The van der Waals surface area contributed by atoms with E-state index in [1.54, 1.807) is 0 Å². The van der Waals surface area contributed by atoms with Crippen LogP contribution in [0.1, 0.15) is 27.2 Å². The lowest BCUT2D eigenvalue weighted by molar-refractivity contribution is -0.0833. The first kappa shape index (κ1) is 10.0. The highest BCUT2D eigenvalue weighted by molar-refractivity contribution is 4.82. The molecule has 0 spiro atoms. The zero-order chi connectivity index (χ0) is 9.14.